The van der Waals surface area contributed by atoms with Crippen molar-refractivity contribution in [2.75, 3.05) is 13.4 Å². The zero-order chi connectivity index (χ0) is 23.3. The molecule has 33 heavy (non-hydrogen) atoms. The van der Waals surface area contributed by atoms with E-state index >= 15 is 0 Å². The first-order valence-corrected chi connectivity index (χ1v) is 11.6. The van der Waals surface area contributed by atoms with Crippen LogP contribution in [-0.4, -0.2) is 58.2 Å². The Kier molecular flexibility index (Phi) is 5.78. The quantitative estimate of drug-likeness (QED) is 0.509. The molecule has 2 amide bonds. The van der Waals surface area contributed by atoms with Crippen molar-refractivity contribution in [3.63, 3.8) is 0 Å². The number of ether oxygens (including phenoxy) is 2. The highest BCUT2D eigenvalue weighted by Gasteiger charge is 2.59. The van der Waals surface area contributed by atoms with E-state index in [2.05, 4.69) is 5.16 Å². The number of benzene rings is 1. The summed E-state index contributed by atoms with van der Waals surface area (Å²) in [6.07, 6.45) is -0.761. The van der Waals surface area contributed by atoms with Crippen molar-refractivity contribution in [2.24, 2.45) is 34.7 Å². The van der Waals surface area contributed by atoms with E-state index in [1.807, 2.05) is 19.9 Å². The van der Waals surface area contributed by atoms with E-state index in [-0.39, 0.29) is 37.5 Å². The van der Waals surface area contributed by atoms with Gasteiger partial charge in [-0.25, -0.2) is 0 Å². The molecule has 4 aliphatic rings. The van der Waals surface area contributed by atoms with E-state index in [0.717, 1.165) is 5.56 Å². The lowest BCUT2D eigenvalue weighted by molar-refractivity contribution is -0.142. The molecule has 178 valence electrons. The Balaban J connectivity index is 1.38. The Bertz CT molecular complexity index is 978. The highest BCUT2D eigenvalue weighted by atomic mass is 16.7. The largest absolute Gasteiger partial charge is 0.454 e. The van der Waals surface area contributed by atoms with Crippen LogP contribution >= 0.6 is 0 Å². The molecule has 9 nitrogen and oxygen atoms in total. The minimum absolute atomic E-state index is 0.135. The van der Waals surface area contributed by atoms with Gasteiger partial charge in [0.2, 0.25) is 18.6 Å². The molecular weight excluding hydrogens is 428 g/mol. The maximum absolute atomic E-state index is 13.5. The van der Waals surface area contributed by atoms with Gasteiger partial charge in [-0.3, -0.25) is 14.5 Å². The summed E-state index contributed by atoms with van der Waals surface area (Å²) in [5.74, 6) is -0.908. The average Bonchev–Trinajstić information content (AvgIpc) is 3.35. The number of hydrogen-bond donors (Lipinski definition) is 2. The number of oxime groups is 1. The van der Waals surface area contributed by atoms with Crippen LogP contribution in [0.15, 0.2) is 23.4 Å². The molecule has 6 atom stereocenters. The molecule has 2 aliphatic heterocycles. The predicted molar refractivity (Wildman–Crippen MR) is 116 cm³/mol. The summed E-state index contributed by atoms with van der Waals surface area (Å²) >= 11 is 0. The van der Waals surface area contributed by atoms with Gasteiger partial charge in [-0.1, -0.05) is 25.1 Å². The number of fused-ring (bicyclic) bond motifs is 4. The summed E-state index contributed by atoms with van der Waals surface area (Å²) in [5, 5.41) is 25.7. The van der Waals surface area contributed by atoms with E-state index in [0.29, 0.717) is 42.6 Å². The SMILES string of the molecule is CC(C)CON=C1C[C@@H](O)[C@@H](O)[C@@H]2[C@H]3C(=O)N(Cc4ccc5c(c4)OCO5)C(=O)[C@@H]3CC[C@H]12. The fourth-order valence-corrected chi connectivity index (χ4v) is 5.69. The first-order valence-electron chi connectivity index (χ1n) is 11.6. The van der Waals surface area contributed by atoms with Crippen molar-refractivity contribution in [3.05, 3.63) is 23.8 Å². The van der Waals surface area contributed by atoms with Gasteiger partial charge in [-0.05, 0) is 36.5 Å². The second kappa shape index (κ2) is 8.61. The number of carbonyl (C=O) groups excluding carboxylic acids is 2. The van der Waals surface area contributed by atoms with Crippen molar-refractivity contribution in [1.82, 2.24) is 4.90 Å². The van der Waals surface area contributed by atoms with Gasteiger partial charge in [-0.15, -0.1) is 0 Å². The van der Waals surface area contributed by atoms with Gasteiger partial charge in [0.05, 0.1) is 36.3 Å². The molecular formula is C24H30N2O7. The predicted octanol–water partition coefficient (Wildman–Crippen LogP) is 1.70. The molecule has 5 rings (SSSR count). The lowest BCUT2D eigenvalue weighted by Crippen LogP contribution is -2.54. The third-order valence-corrected chi connectivity index (χ3v) is 7.24. The van der Waals surface area contributed by atoms with E-state index in [9.17, 15) is 19.8 Å². The molecule has 2 saturated carbocycles. The van der Waals surface area contributed by atoms with Crippen LogP contribution in [0.2, 0.25) is 0 Å². The molecule has 0 aromatic heterocycles. The summed E-state index contributed by atoms with van der Waals surface area (Å²) in [6.45, 7) is 4.77. The Morgan fingerprint density at radius 2 is 1.88 bits per heavy atom. The molecule has 0 spiro atoms. The lowest BCUT2D eigenvalue weighted by atomic mass is 9.60. The van der Waals surface area contributed by atoms with E-state index in [1.165, 1.54) is 4.90 Å². The highest BCUT2D eigenvalue weighted by Crippen LogP contribution is 2.50. The van der Waals surface area contributed by atoms with Gasteiger partial charge in [0.15, 0.2) is 11.5 Å². The van der Waals surface area contributed by atoms with Crippen LogP contribution in [0.25, 0.3) is 0 Å². The second-order valence-corrected chi connectivity index (χ2v) is 9.88. The number of hydrogen-bond acceptors (Lipinski definition) is 8. The molecule has 2 heterocycles. The van der Waals surface area contributed by atoms with Crippen molar-refractivity contribution in [1.29, 1.82) is 0 Å². The summed E-state index contributed by atoms with van der Waals surface area (Å²) in [5.41, 5.74) is 1.44. The number of rotatable bonds is 5. The molecule has 0 bridgehead atoms. The summed E-state index contributed by atoms with van der Waals surface area (Å²) < 4.78 is 10.7. The van der Waals surface area contributed by atoms with Gasteiger partial charge < -0.3 is 24.5 Å². The smallest absolute Gasteiger partial charge is 0.233 e. The van der Waals surface area contributed by atoms with Crippen molar-refractivity contribution >= 4 is 17.5 Å². The summed E-state index contributed by atoms with van der Waals surface area (Å²) in [7, 11) is 0. The number of amides is 2. The number of aliphatic hydroxyl groups is 2. The third-order valence-electron chi connectivity index (χ3n) is 7.24. The van der Waals surface area contributed by atoms with Crippen LogP contribution in [0.1, 0.15) is 38.7 Å². The Labute approximate surface area is 192 Å². The highest BCUT2D eigenvalue weighted by molar-refractivity contribution is 6.06. The first-order chi connectivity index (χ1) is 15.8. The third kappa shape index (κ3) is 3.87. The number of nitrogens with zero attached hydrogens (tertiary/aromatic N) is 2. The maximum atomic E-state index is 13.5. The topological polar surface area (TPSA) is 118 Å². The van der Waals surface area contributed by atoms with Crippen molar-refractivity contribution < 1.29 is 34.1 Å². The van der Waals surface area contributed by atoms with Crippen LogP contribution < -0.4 is 9.47 Å². The van der Waals surface area contributed by atoms with Gasteiger partial charge in [0, 0.05) is 18.3 Å². The zero-order valence-corrected chi connectivity index (χ0v) is 18.8. The Morgan fingerprint density at radius 1 is 1.12 bits per heavy atom. The monoisotopic (exact) mass is 458 g/mol. The number of aliphatic hydroxyl groups excluding tert-OH is 2. The minimum atomic E-state index is -1.09. The number of likely N-dealkylation sites (tertiary alicyclic amines) is 1. The fourth-order valence-electron chi connectivity index (χ4n) is 5.69. The van der Waals surface area contributed by atoms with E-state index < -0.39 is 30.0 Å². The molecule has 2 N–H and O–H groups in total. The molecule has 0 radical (unpaired) electrons. The van der Waals surface area contributed by atoms with Crippen LogP contribution in [-0.2, 0) is 21.0 Å². The molecule has 1 aromatic carbocycles. The average molecular weight is 459 g/mol. The standard InChI is InChI=1S/C24H30N2O7/c1-12(2)10-33-25-16-8-17(27)22(28)20-14(16)4-5-15-21(20)24(30)26(23(15)29)9-13-3-6-18-19(7-13)32-11-31-18/h3,6-7,12,14-15,17,20-22,27-28H,4-5,8-11H2,1-2H3/t14-,15-,17-,20+,21+,22-/m1/s1. The van der Waals surface area contributed by atoms with Gasteiger partial charge in [-0.2, -0.15) is 0 Å². The van der Waals surface area contributed by atoms with Crippen LogP contribution in [0.3, 0.4) is 0 Å². The Hall–Kier alpha value is -2.65. The molecule has 1 aromatic rings. The van der Waals surface area contributed by atoms with Crippen LogP contribution in [0.5, 0.6) is 11.5 Å². The van der Waals surface area contributed by atoms with Gasteiger partial charge >= 0.3 is 0 Å². The fraction of sp³-hybridized carbons (Fsp3) is 0.625. The van der Waals surface area contributed by atoms with Gasteiger partial charge in [0.1, 0.15) is 6.61 Å². The maximum Gasteiger partial charge on any atom is 0.233 e. The van der Waals surface area contributed by atoms with E-state index in [1.54, 1.807) is 12.1 Å². The molecule has 2 aliphatic carbocycles. The second-order valence-electron chi connectivity index (χ2n) is 9.88. The zero-order valence-electron chi connectivity index (χ0n) is 18.8. The van der Waals surface area contributed by atoms with Crippen molar-refractivity contribution in [3.8, 4) is 11.5 Å². The van der Waals surface area contributed by atoms with Crippen LogP contribution in [0, 0.1) is 29.6 Å². The number of carbonyl (C=O) groups is 2. The summed E-state index contributed by atoms with van der Waals surface area (Å²) in [4.78, 5) is 33.5. The molecule has 0 unspecified atom stereocenters. The van der Waals surface area contributed by atoms with Crippen LogP contribution in [0.4, 0.5) is 0 Å². The van der Waals surface area contributed by atoms with Crippen molar-refractivity contribution in [2.45, 2.75) is 51.9 Å². The molecule has 1 saturated heterocycles. The van der Waals surface area contributed by atoms with Gasteiger partial charge in [0.25, 0.3) is 0 Å². The molecule has 9 heteroatoms. The molecule has 3 fully saturated rings. The number of imide groups is 1. The summed E-state index contributed by atoms with van der Waals surface area (Å²) in [6, 6.07) is 5.37. The normalized spacial score (nSPS) is 34.1. The van der Waals surface area contributed by atoms with E-state index in [4.69, 9.17) is 14.3 Å². The first kappa shape index (κ1) is 22.2. The Morgan fingerprint density at radius 3 is 2.67 bits per heavy atom. The lowest BCUT2D eigenvalue weighted by Gasteiger charge is -2.45. The minimum Gasteiger partial charge on any atom is -0.454 e.